The van der Waals surface area contributed by atoms with E-state index in [9.17, 15) is 66.1 Å². The molecule has 6 rings (SSSR count). The molecule has 1 aliphatic heterocycles. The van der Waals surface area contributed by atoms with Gasteiger partial charge in [-0.3, -0.25) is 4.79 Å². The number of phenols is 10. The molecule has 0 saturated heterocycles. The van der Waals surface area contributed by atoms with Gasteiger partial charge in [-0.05, 0) is 12.1 Å². The van der Waals surface area contributed by atoms with Crippen molar-refractivity contribution in [2.45, 2.75) is 18.6 Å². The fourth-order valence-electron chi connectivity index (χ4n) is 5.41. The Morgan fingerprint density at radius 2 is 1.22 bits per heavy atom. The average molecular weight is 622 g/mol. The molecule has 45 heavy (non-hydrogen) atoms. The Hall–Kier alpha value is -6.35. The van der Waals surface area contributed by atoms with Gasteiger partial charge in [-0.25, -0.2) is 0 Å². The lowest BCUT2D eigenvalue weighted by Crippen LogP contribution is -2.30. The zero-order valence-corrected chi connectivity index (χ0v) is 22.4. The summed E-state index contributed by atoms with van der Waals surface area (Å²) < 4.78 is 11.4. The number of hydrogen-bond donors (Lipinski definition) is 12. The molecule has 4 aromatic carbocycles. The molecule has 1 aliphatic rings. The summed E-state index contributed by atoms with van der Waals surface area (Å²) in [4.78, 5) is 13.1. The Kier molecular flexibility index (Phi) is 6.29. The van der Waals surface area contributed by atoms with Crippen LogP contribution in [0.4, 0.5) is 0 Å². The van der Waals surface area contributed by atoms with Crippen LogP contribution in [0, 0.1) is 0 Å². The first kappa shape index (κ1) is 28.8. The number of phenolic OH excluding ortho intramolecular Hbond substituents is 10. The van der Waals surface area contributed by atoms with Crippen molar-refractivity contribution < 1.29 is 70.4 Å². The molecule has 2 atom stereocenters. The predicted molar refractivity (Wildman–Crippen MR) is 151 cm³/mol. The van der Waals surface area contributed by atoms with Gasteiger partial charge in [0.1, 0.15) is 39.7 Å². The van der Waals surface area contributed by atoms with Crippen LogP contribution in [0.2, 0.25) is 0 Å². The summed E-state index contributed by atoms with van der Waals surface area (Å²) >= 11 is 0. The maximum absolute atomic E-state index is 13.1. The number of aliphatic hydroxyl groups is 1. The zero-order valence-electron chi connectivity index (χ0n) is 22.4. The van der Waals surface area contributed by atoms with E-state index < -0.39 is 114 Å². The van der Waals surface area contributed by atoms with Crippen molar-refractivity contribution in [2.75, 3.05) is 0 Å². The Morgan fingerprint density at radius 1 is 0.622 bits per heavy atom. The van der Waals surface area contributed by atoms with Gasteiger partial charge >= 0.3 is 0 Å². The molecular formula is C30H22O15. The highest BCUT2D eigenvalue weighted by Gasteiger charge is 2.38. The molecule has 0 spiro atoms. The predicted octanol–water partition coefficient (Wildman–Crippen LogP) is 2.93. The third-order valence-corrected chi connectivity index (χ3v) is 7.46. The lowest BCUT2D eigenvalue weighted by Gasteiger charge is -2.33. The molecule has 0 aliphatic carbocycles. The molecule has 12 N–H and O–H groups in total. The minimum Gasteiger partial charge on any atom is -0.508 e. The first-order valence-corrected chi connectivity index (χ1v) is 12.9. The summed E-state index contributed by atoms with van der Waals surface area (Å²) in [6, 6.07) is 5.35. The lowest BCUT2D eigenvalue weighted by atomic mass is 9.85. The van der Waals surface area contributed by atoms with Gasteiger partial charge in [-0.15, -0.1) is 0 Å². The second-order valence-electron chi connectivity index (χ2n) is 10.3. The highest BCUT2D eigenvalue weighted by atomic mass is 16.5. The number of aliphatic hydroxyl groups excluding tert-OH is 1. The molecule has 0 radical (unpaired) electrons. The van der Waals surface area contributed by atoms with E-state index in [-0.39, 0.29) is 23.3 Å². The second kappa shape index (κ2) is 9.85. The highest BCUT2D eigenvalue weighted by molar-refractivity contribution is 5.97. The van der Waals surface area contributed by atoms with E-state index in [2.05, 4.69) is 0 Å². The summed E-state index contributed by atoms with van der Waals surface area (Å²) in [6.45, 7) is 0. The van der Waals surface area contributed by atoms with Gasteiger partial charge in [0.05, 0.1) is 6.10 Å². The number of fused-ring (bicyclic) bond motifs is 2. The van der Waals surface area contributed by atoms with E-state index >= 15 is 0 Å². The van der Waals surface area contributed by atoms with Crippen LogP contribution < -0.4 is 10.2 Å². The van der Waals surface area contributed by atoms with Crippen LogP contribution in [0.25, 0.3) is 33.4 Å². The molecule has 0 bridgehead atoms. The normalized spacial score (nSPS) is 15.9. The van der Waals surface area contributed by atoms with Crippen molar-refractivity contribution in [1.29, 1.82) is 0 Å². The van der Waals surface area contributed by atoms with Gasteiger partial charge < -0.3 is 70.4 Å². The first-order chi connectivity index (χ1) is 21.2. The molecule has 15 nitrogen and oxygen atoms in total. The highest BCUT2D eigenvalue weighted by Crippen LogP contribution is 2.57. The van der Waals surface area contributed by atoms with Gasteiger partial charge in [0, 0.05) is 58.5 Å². The van der Waals surface area contributed by atoms with E-state index in [0.29, 0.717) is 6.07 Å². The topological polar surface area (TPSA) is 282 Å². The lowest BCUT2D eigenvalue weighted by molar-refractivity contribution is 0.0199. The number of hydrogen-bond acceptors (Lipinski definition) is 15. The summed E-state index contributed by atoms with van der Waals surface area (Å²) in [5.41, 5.74) is -4.05. The molecular weight excluding hydrogens is 600 g/mol. The molecule has 0 amide bonds. The maximum Gasteiger partial charge on any atom is 0.238 e. The average Bonchev–Trinajstić information content (AvgIpc) is 2.96. The van der Waals surface area contributed by atoms with E-state index in [1.165, 1.54) is 0 Å². The fraction of sp³-hybridized carbons (Fsp3) is 0.100. The van der Waals surface area contributed by atoms with E-state index in [1.54, 1.807) is 0 Å². The summed E-state index contributed by atoms with van der Waals surface area (Å²) in [6.07, 6.45) is -3.47. The third-order valence-electron chi connectivity index (χ3n) is 7.46. The summed E-state index contributed by atoms with van der Waals surface area (Å²) in [5, 5.41) is 126. The first-order valence-electron chi connectivity index (χ1n) is 12.9. The molecule has 0 saturated carbocycles. The van der Waals surface area contributed by atoms with Crippen LogP contribution in [-0.4, -0.2) is 67.4 Å². The van der Waals surface area contributed by atoms with Crippen LogP contribution in [-0.2, 0) is 6.42 Å². The number of aromatic hydroxyl groups is 11. The largest absolute Gasteiger partial charge is 0.508 e. The second-order valence-corrected chi connectivity index (χ2v) is 10.3. The Labute approximate surface area is 249 Å². The zero-order chi connectivity index (χ0) is 32.6. The number of ether oxygens (including phenoxy) is 1. The Bertz CT molecular complexity index is 2130. The van der Waals surface area contributed by atoms with Crippen molar-refractivity contribution in [3.8, 4) is 91.4 Å². The number of benzene rings is 4. The molecule has 15 heteroatoms. The molecule has 2 heterocycles. The van der Waals surface area contributed by atoms with Crippen LogP contribution in [0.3, 0.4) is 0 Å². The van der Waals surface area contributed by atoms with Crippen molar-refractivity contribution >= 4 is 11.0 Å². The summed E-state index contributed by atoms with van der Waals surface area (Å²) in [7, 11) is 0. The van der Waals surface area contributed by atoms with Crippen molar-refractivity contribution in [3.05, 3.63) is 57.7 Å². The minimum atomic E-state index is -1.60. The molecule has 0 fully saturated rings. The van der Waals surface area contributed by atoms with Crippen molar-refractivity contribution in [1.82, 2.24) is 0 Å². The maximum atomic E-state index is 13.1. The van der Waals surface area contributed by atoms with Gasteiger partial charge in [0.25, 0.3) is 0 Å². The molecule has 2 unspecified atom stereocenters. The Balaban J connectivity index is 1.69. The van der Waals surface area contributed by atoms with Gasteiger partial charge in [-0.1, -0.05) is 0 Å². The smallest absolute Gasteiger partial charge is 0.238 e. The van der Waals surface area contributed by atoms with Crippen molar-refractivity contribution in [3.63, 3.8) is 0 Å². The molecule has 5 aromatic rings. The van der Waals surface area contributed by atoms with E-state index in [1.807, 2.05) is 0 Å². The van der Waals surface area contributed by atoms with Gasteiger partial charge in [0.2, 0.25) is 22.7 Å². The van der Waals surface area contributed by atoms with Crippen LogP contribution >= 0.6 is 0 Å². The summed E-state index contributed by atoms with van der Waals surface area (Å²) in [5.74, 6) is -11.0. The Morgan fingerprint density at radius 3 is 1.91 bits per heavy atom. The van der Waals surface area contributed by atoms with Crippen molar-refractivity contribution in [2.24, 2.45) is 0 Å². The minimum absolute atomic E-state index is 0.0884. The van der Waals surface area contributed by atoms with E-state index in [0.717, 1.165) is 30.3 Å². The molecule has 232 valence electrons. The van der Waals surface area contributed by atoms with Crippen LogP contribution in [0.15, 0.2) is 45.6 Å². The van der Waals surface area contributed by atoms with Gasteiger partial charge in [-0.2, -0.15) is 0 Å². The quantitative estimate of drug-likeness (QED) is 0.129. The number of rotatable bonds is 3. The SMILES string of the molecule is O=c1c(O)c(-c2cc(O)c(O)c(O)c2-c2c(C3Oc4cc(O)cc(O)c4CC3O)cc(O)c(O)c2O)oc2cc(O)cc(O)c12. The standard InChI is InChI=1S/C30H22O15/c31-8-1-13(33)10-5-17(37)29(44-18(10)3-8)11-6-15(35)23(38)25(40)20(11)21-12(7-16(36)24(39)26(21)41)30-28(43)27(42)22-14(34)2-9(32)4-19(22)45-30/h1-4,6-7,17,29,31-41,43H,5H2. The van der Waals surface area contributed by atoms with Crippen LogP contribution in [0.5, 0.6) is 69.0 Å². The van der Waals surface area contributed by atoms with E-state index in [4.69, 9.17) is 9.15 Å². The molecule has 1 aromatic heterocycles. The van der Waals surface area contributed by atoms with Gasteiger partial charge in [0.15, 0.2) is 34.9 Å². The fourth-order valence-corrected chi connectivity index (χ4v) is 5.41. The monoisotopic (exact) mass is 622 g/mol. The third kappa shape index (κ3) is 4.29. The van der Waals surface area contributed by atoms with Crippen LogP contribution in [0.1, 0.15) is 17.2 Å².